The molecule has 0 saturated carbocycles. The molecule has 1 amide bonds. The second kappa shape index (κ2) is 7.64. The Morgan fingerprint density at radius 1 is 1.05 bits per heavy atom. The molecule has 0 heterocycles. The van der Waals surface area contributed by atoms with E-state index in [1.807, 2.05) is 5.32 Å². The lowest BCUT2D eigenvalue weighted by molar-refractivity contribution is -0.141. The van der Waals surface area contributed by atoms with E-state index in [1.165, 1.54) is 0 Å². The van der Waals surface area contributed by atoms with Crippen LogP contribution in [0.4, 0.5) is 0 Å². The van der Waals surface area contributed by atoms with Crippen molar-refractivity contribution < 1.29 is 52.1 Å². The number of amides is 1. The standard InChI is InChI=1S/C7H13NO11P2/c1-4(9)8-5(7(11)19-21(15,16)17)2-3-6(10)18-20(12,13)14/h5H,2-3H2,1H3,(H,8,9)(H2,12,13,14)(H2,15,16,17). The second-order valence-corrected chi connectivity index (χ2v) is 5.97. The van der Waals surface area contributed by atoms with E-state index in [0.717, 1.165) is 6.92 Å². The molecular formula is C7H13NO11P2. The summed E-state index contributed by atoms with van der Waals surface area (Å²) in [6.45, 7) is 0.992. The van der Waals surface area contributed by atoms with Gasteiger partial charge in [-0.1, -0.05) is 0 Å². The van der Waals surface area contributed by atoms with Gasteiger partial charge >= 0.3 is 27.6 Å². The Balaban J connectivity index is 4.68. The summed E-state index contributed by atoms with van der Waals surface area (Å²) < 4.78 is 28.3. The van der Waals surface area contributed by atoms with Gasteiger partial charge in [0.2, 0.25) is 5.91 Å². The van der Waals surface area contributed by atoms with Gasteiger partial charge in [0, 0.05) is 13.3 Å². The van der Waals surface area contributed by atoms with Crippen molar-refractivity contribution in [3.8, 4) is 0 Å². The van der Waals surface area contributed by atoms with Gasteiger partial charge in [0.05, 0.1) is 0 Å². The van der Waals surface area contributed by atoms with E-state index in [1.54, 1.807) is 0 Å². The summed E-state index contributed by atoms with van der Waals surface area (Å²) >= 11 is 0. The van der Waals surface area contributed by atoms with E-state index >= 15 is 0 Å². The molecule has 0 aromatic heterocycles. The lowest BCUT2D eigenvalue weighted by Gasteiger charge is -2.16. The van der Waals surface area contributed by atoms with Crippen LogP contribution in [0.3, 0.4) is 0 Å². The average Bonchev–Trinajstić information content (AvgIpc) is 2.18. The van der Waals surface area contributed by atoms with E-state index in [0.29, 0.717) is 0 Å². The van der Waals surface area contributed by atoms with Gasteiger partial charge in [0.1, 0.15) is 6.04 Å². The third-order valence-corrected chi connectivity index (χ3v) is 2.59. The van der Waals surface area contributed by atoms with Crippen LogP contribution in [0.1, 0.15) is 19.8 Å². The number of phosphoric acid groups is 2. The molecule has 0 rings (SSSR count). The van der Waals surface area contributed by atoms with Gasteiger partial charge in [0.25, 0.3) is 0 Å². The summed E-state index contributed by atoms with van der Waals surface area (Å²) in [5.41, 5.74) is 0. The van der Waals surface area contributed by atoms with Crippen LogP contribution in [0.5, 0.6) is 0 Å². The van der Waals surface area contributed by atoms with E-state index in [-0.39, 0.29) is 0 Å². The zero-order valence-electron chi connectivity index (χ0n) is 10.5. The quantitative estimate of drug-likeness (QED) is 0.337. The van der Waals surface area contributed by atoms with Gasteiger partial charge in [-0.15, -0.1) is 0 Å². The number of hydrogen-bond acceptors (Lipinski definition) is 7. The highest BCUT2D eigenvalue weighted by molar-refractivity contribution is 7.47. The summed E-state index contributed by atoms with van der Waals surface area (Å²) in [4.78, 5) is 66.9. The molecular weight excluding hydrogens is 336 g/mol. The monoisotopic (exact) mass is 349 g/mol. The Morgan fingerprint density at radius 2 is 1.52 bits per heavy atom. The van der Waals surface area contributed by atoms with Crippen LogP contribution in [0.15, 0.2) is 0 Å². The highest BCUT2D eigenvalue weighted by Gasteiger charge is 2.30. The number of rotatable bonds is 7. The largest absolute Gasteiger partial charge is 0.527 e. The molecule has 0 saturated heterocycles. The molecule has 0 radical (unpaired) electrons. The molecule has 1 atom stereocenters. The molecule has 0 aliphatic heterocycles. The first kappa shape index (κ1) is 19.7. The Bertz CT molecular complexity index is 505. The van der Waals surface area contributed by atoms with E-state index in [9.17, 15) is 23.5 Å². The van der Waals surface area contributed by atoms with E-state index < -0.39 is 52.4 Å². The topological polar surface area (TPSA) is 197 Å². The Morgan fingerprint density at radius 3 is 1.90 bits per heavy atom. The van der Waals surface area contributed by atoms with Gasteiger partial charge in [-0.25, -0.2) is 13.9 Å². The Labute approximate surface area is 117 Å². The maximum Gasteiger partial charge on any atom is 0.527 e. The lowest BCUT2D eigenvalue weighted by atomic mass is 10.1. The van der Waals surface area contributed by atoms with Gasteiger partial charge in [-0.3, -0.25) is 29.2 Å². The first-order valence-electron chi connectivity index (χ1n) is 5.14. The number of carbonyl (C=O) groups excluding carboxylic acids is 3. The summed E-state index contributed by atoms with van der Waals surface area (Å²) in [6.07, 6.45) is -1.26. The molecule has 0 bridgehead atoms. The molecule has 0 fully saturated rings. The van der Waals surface area contributed by atoms with Gasteiger partial charge < -0.3 is 14.4 Å². The molecule has 1 unspecified atom stereocenters. The summed E-state index contributed by atoms with van der Waals surface area (Å²) in [6, 6.07) is -1.60. The van der Waals surface area contributed by atoms with E-state index in [4.69, 9.17) is 19.6 Å². The van der Waals surface area contributed by atoms with Crippen molar-refractivity contribution >= 4 is 33.5 Å². The zero-order chi connectivity index (χ0) is 16.8. The Kier molecular flexibility index (Phi) is 7.17. The fourth-order valence-electron chi connectivity index (χ4n) is 1.12. The normalized spacial score (nSPS) is 13.2. The zero-order valence-corrected chi connectivity index (χ0v) is 12.3. The molecule has 21 heavy (non-hydrogen) atoms. The smallest absolute Gasteiger partial charge is 0.371 e. The van der Waals surface area contributed by atoms with Crippen LogP contribution in [0.25, 0.3) is 0 Å². The van der Waals surface area contributed by atoms with Crippen molar-refractivity contribution in [2.75, 3.05) is 0 Å². The molecule has 0 aliphatic rings. The van der Waals surface area contributed by atoms with Crippen molar-refractivity contribution in [2.24, 2.45) is 0 Å². The van der Waals surface area contributed by atoms with Gasteiger partial charge in [-0.2, -0.15) is 0 Å². The number of phosphoric ester groups is 2. The molecule has 14 heteroatoms. The number of hydrogen-bond donors (Lipinski definition) is 5. The summed E-state index contributed by atoms with van der Waals surface area (Å²) in [7, 11) is -10.2. The van der Waals surface area contributed by atoms with Crippen LogP contribution >= 0.6 is 15.6 Å². The van der Waals surface area contributed by atoms with Crippen LogP contribution in [-0.2, 0) is 32.6 Å². The fraction of sp³-hybridized carbons (Fsp3) is 0.571. The van der Waals surface area contributed by atoms with Crippen LogP contribution < -0.4 is 5.32 Å². The third kappa shape index (κ3) is 11.1. The predicted molar refractivity (Wildman–Crippen MR) is 63.1 cm³/mol. The minimum atomic E-state index is -5.14. The van der Waals surface area contributed by atoms with Gasteiger partial charge in [-0.05, 0) is 6.42 Å². The van der Waals surface area contributed by atoms with Crippen molar-refractivity contribution in [3.05, 3.63) is 0 Å². The minimum Gasteiger partial charge on any atom is -0.371 e. The molecule has 0 aliphatic carbocycles. The molecule has 0 spiro atoms. The fourth-order valence-corrected chi connectivity index (χ4v) is 1.83. The molecule has 0 aromatic rings. The number of carbonyl (C=O) groups is 3. The first-order valence-corrected chi connectivity index (χ1v) is 8.20. The average molecular weight is 349 g/mol. The van der Waals surface area contributed by atoms with Gasteiger partial charge in [0.15, 0.2) is 0 Å². The Hall–Kier alpha value is -1.29. The predicted octanol–water partition coefficient (Wildman–Crippen LogP) is -1.46. The lowest BCUT2D eigenvalue weighted by Crippen LogP contribution is -2.40. The van der Waals surface area contributed by atoms with E-state index in [2.05, 4.69) is 9.05 Å². The highest BCUT2D eigenvalue weighted by atomic mass is 31.2. The van der Waals surface area contributed by atoms with Crippen LogP contribution in [0, 0.1) is 0 Å². The maximum atomic E-state index is 11.4. The van der Waals surface area contributed by atoms with Crippen molar-refractivity contribution in [1.82, 2.24) is 5.32 Å². The maximum absolute atomic E-state index is 11.4. The molecule has 122 valence electrons. The van der Waals surface area contributed by atoms with Crippen LogP contribution in [0.2, 0.25) is 0 Å². The minimum absolute atomic E-state index is 0.544. The highest BCUT2D eigenvalue weighted by Crippen LogP contribution is 2.37. The first-order chi connectivity index (χ1) is 9.30. The molecule has 5 N–H and O–H groups in total. The third-order valence-electron chi connectivity index (χ3n) is 1.73. The van der Waals surface area contributed by atoms with Crippen molar-refractivity contribution in [1.29, 1.82) is 0 Å². The van der Waals surface area contributed by atoms with Crippen LogP contribution in [-0.4, -0.2) is 43.5 Å². The molecule has 12 nitrogen and oxygen atoms in total. The summed E-state index contributed by atoms with van der Waals surface area (Å²) in [5, 5.41) is 1.96. The molecule has 0 aromatic carbocycles. The second-order valence-electron chi connectivity index (χ2n) is 3.65. The van der Waals surface area contributed by atoms with Crippen molar-refractivity contribution in [3.63, 3.8) is 0 Å². The number of nitrogens with one attached hydrogen (secondary N) is 1. The van der Waals surface area contributed by atoms with Crippen molar-refractivity contribution in [2.45, 2.75) is 25.8 Å². The SMILES string of the molecule is CC(=O)NC(CCC(=O)OP(=O)(O)O)C(=O)OP(=O)(O)O. The summed E-state index contributed by atoms with van der Waals surface area (Å²) in [5.74, 6) is -3.64.